The zero-order valence-electron chi connectivity index (χ0n) is 8.40. The molecule has 0 spiro atoms. The van der Waals surface area contributed by atoms with Crippen LogP contribution >= 0.6 is 23.2 Å². The van der Waals surface area contributed by atoms with Crippen molar-refractivity contribution in [3.8, 4) is 5.75 Å². The van der Waals surface area contributed by atoms with E-state index in [1.54, 1.807) is 12.1 Å². The third-order valence-electron chi connectivity index (χ3n) is 1.43. The minimum Gasteiger partial charge on any atom is -0.485 e. The molecule has 0 saturated heterocycles. The predicted octanol–water partition coefficient (Wildman–Crippen LogP) is 3.75. The highest BCUT2D eigenvalue weighted by molar-refractivity contribution is 6.37. The minimum absolute atomic E-state index is 0.330. The van der Waals surface area contributed by atoms with Crippen LogP contribution in [0.5, 0.6) is 5.75 Å². The molecule has 0 aliphatic carbocycles. The molecule has 0 heterocycles. The van der Waals surface area contributed by atoms with Crippen molar-refractivity contribution in [3.63, 3.8) is 0 Å². The second-order valence-corrected chi connectivity index (χ2v) is 4.84. The fourth-order valence-corrected chi connectivity index (χ4v) is 1.56. The Morgan fingerprint density at radius 2 is 1.57 bits per heavy atom. The van der Waals surface area contributed by atoms with E-state index in [1.165, 1.54) is 0 Å². The van der Waals surface area contributed by atoms with E-state index in [1.807, 2.05) is 20.8 Å². The van der Waals surface area contributed by atoms with Gasteiger partial charge in [0.25, 0.3) is 0 Å². The average molecular weight is 234 g/mol. The number of hydrogen-bond donors (Lipinski definition) is 1. The third-order valence-corrected chi connectivity index (χ3v) is 1.99. The van der Waals surface area contributed by atoms with Crippen LogP contribution in [0.2, 0.25) is 10.0 Å². The number of nitrogens with two attached hydrogens (primary N) is 1. The highest BCUT2D eigenvalue weighted by Crippen LogP contribution is 2.37. The van der Waals surface area contributed by atoms with Crippen LogP contribution < -0.4 is 10.5 Å². The van der Waals surface area contributed by atoms with Gasteiger partial charge in [0.05, 0.1) is 10.0 Å². The molecule has 0 amide bonds. The summed E-state index contributed by atoms with van der Waals surface area (Å²) in [4.78, 5) is 0. The van der Waals surface area contributed by atoms with Gasteiger partial charge in [-0.15, -0.1) is 0 Å². The van der Waals surface area contributed by atoms with Crippen LogP contribution in [0.1, 0.15) is 20.8 Å². The lowest BCUT2D eigenvalue weighted by Crippen LogP contribution is -2.23. The number of nitrogen functional groups attached to an aromatic ring is 1. The molecule has 0 saturated carbocycles. The van der Waals surface area contributed by atoms with Gasteiger partial charge in [-0.05, 0) is 32.9 Å². The topological polar surface area (TPSA) is 35.2 Å². The van der Waals surface area contributed by atoms with Crippen LogP contribution in [0.4, 0.5) is 5.69 Å². The largest absolute Gasteiger partial charge is 0.485 e. The van der Waals surface area contributed by atoms with Crippen molar-refractivity contribution < 1.29 is 4.74 Å². The first kappa shape index (κ1) is 11.5. The van der Waals surface area contributed by atoms with Crippen molar-refractivity contribution in [1.29, 1.82) is 0 Å². The van der Waals surface area contributed by atoms with Crippen molar-refractivity contribution in [2.75, 3.05) is 5.73 Å². The van der Waals surface area contributed by atoms with Crippen LogP contribution in [-0.2, 0) is 0 Å². The van der Waals surface area contributed by atoms with Crippen LogP contribution in [0.3, 0.4) is 0 Å². The fraction of sp³-hybridized carbons (Fsp3) is 0.400. The molecule has 0 bridgehead atoms. The van der Waals surface area contributed by atoms with Gasteiger partial charge in [-0.2, -0.15) is 0 Å². The number of rotatable bonds is 1. The van der Waals surface area contributed by atoms with E-state index in [9.17, 15) is 0 Å². The second-order valence-electron chi connectivity index (χ2n) is 4.03. The van der Waals surface area contributed by atoms with E-state index in [0.717, 1.165) is 0 Å². The van der Waals surface area contributed by atoms with E-state index in [4.69, 9.17) is 33.7 Å². The van der Waals surface area contributed by atoms with Gasteiger partial charge in [-0.25, -0.2) is 0 Å². The molecular formula is C10H13Cl2NO. The zero-order valence-corrected chi connectivity index (χ0v) is 9.91. The molecule has 4 heteroatoms. The Kier molecular flexibility index (Phi) is 3.17. The first-order valence-corrected chi connectivity index (χ1v) is 4.99. The summed E-state index contributed by atoms with van der Waals surface area (Å²) in [5, 5.41) is 0.870. The molecule has 2 nitrogen and oxygen atoms in total. The number of halogens is 2. The van der Waals surface area contributed by atoms with Crippen molar-refractivity contribution >= 4 is 28.9 Å². The summed E-state index contributed by atoms with van der Waals surface area (Å²) in [6.45, 7) is 5.78. The number of benzene rings is 1. The Bertz CT molecular complexity index is 321. The Morgan fingerprint density at radius 3 is 1.93 bits per heavy atom. The molecule has 1 aromatic rings. The van der Waals surface area contributed by atoms with Gasteiger partial charge in [-0.3, -0.25) is 0 Å². The summed E-state index contributed by atoms with van der Waals surface area (Å²) in [5.41, 5.74) is 5.77. The first-order valence-electron chi connectivity index (χ1n) is 4.23. The van der Waals surface area contributed by atoms with E-state index >= 15 is 0 Å². The zero-order chi connectivity index (χ0) is 10.9. The van der Waals surface area contributed by atoms with Crippen molar-refractivity contribution in [2.24, 2.45) is 0 Å². The summed E-state index contributed by atoms with van der Waals surface area (Å²) in [6.07, 6.45) is 0. The third kappa shape index (κ3) is 2.96. The fourth-order valence-electron chi connectivity index (χ4n) is 0.983. The van der Waals surface area contributed by atoms with Crippen LogP contribution in [0, 0.1) is 0 Å². The van der Waals surface area contributed by atoms with E-state index < -0.39 is 0 Å². The Labute approximate surface area is 94.0 Å². The maximum absolute atomic E-state index is 5.95. The molecule has 0 fully saturated rings. The molecule has 2 N–H and O–H groups in total. The molecule has 0 unspecified atom stereocenters. The van der Waals surface area contributed by atoms with Crippen LogP contribution in [0.25, 0.3) is 0 Å². The number of ether oxygens (including phenoxy) is 1. The van der Waals surface area contributed by atoms with E-state index in [-0.39, 0.29) is 5.60 Å². The highest BCUT2D eigenvalue weighted by Gasteiger charge is 2.17. The average Bonchev–Trinajstić information content (AvgIpc) is 1.95. The standard InChI is InChI=1S/C10H13Cl2NO/c1-10(2,3)14-9-7(11)4-6(13)5-8(9)12/h4-5H,13H2,1-3H3. The lowest BCUT2D eigenvalue weighted by molar-refractivity contribution is 0.131. The van der Waals surface area contributed by atoms with Crippen LogP contribution in [-0.4, -0.2) is 5.60 Å². The molecule has 0 aliphatic rings. The van der Waals surface area contributed by atoms with Crippen LogP contribution in [0.15, 0.2) is 12.1 Å². The minimum atomic E-state index is -0.330. The van der Waals surface area contributed by atoms with Gasteiger partial charge in [0.15, 0.2) is 5.75 Å². The SMILES string of the molecule is CC(C)(C)Oc1c(Cl)cc(N)cc1Cl. The Morgan fingerprint density at radius 1 is 1.14 bits per heavy atom. The van der Waals surface area contributed by atoms with Gasteiger partial charge in [-0.1, -0.05) is 23.2 Å². The summed E-state index contributed by atoms with van der Waals surface area (Å²) in [5.74, 6) is 0.482. The number of hydrogen-bond acceptors (Lipinski definition) is 2. The molecule has 1 aromatic carbocycles. The van der Waals surface area contributed by atoms with Gasteiger partial charge in [0.2, 0.25) is 0 Å². The summed E-state index contributed by atoms with van der Waals surface area (Å²) in [7, 11) is 0. The summed E-state index contributed by atoms with van der Waals surface area (Å²) < 4.78 is 5.60. The van der Waals surface area contributed by atoms with E-state index in [0.29, 0.717) is 21.5 Å². The van der Waals surface area contributed by atoms with Crippen molar-refractivity contribution in [1.82, 2.24) is 0 Å². The normalized spacial score (nSPS) is 11.5. The molecule has 1 rings (SSSR count). The van der Waals surface area contributed by atoms with Crippen molar-refractivity contribution in [3.05, 3.63) is 22.2 Å². The molecular weight excluding hydrogens is 221 g/mol. The quantitative estimate of drug-likeness (QED) is 0.751. The van der Waals surface area contributed by atoms with Gasteiger partial charge >= 0.3 is 0 Å². The Hall–Kier alpha value is -0.600. The predicted molar refractivity (Wildman–Crippen MR) is 61.3 cm³/mol. The lowest BCUT2D eigenvalue weighted by atomic mass is 10.2. The molecule has 0 aromatic heterocycles. The highest BCUT2D eigenvalue weighted by atomic mass is 35.5. The molecule has 0 radical (unpaired) electrons. The lowest BCUT2D eigenvalue weighted by Gasteiger charge is -2.23. The van der Waals surface area contributed by atoms with Crippen molar-refractivity contribution in [2.45, 2.75) is 26.4 Å². The van der Waals surface area contributed by atoms with Gasteiger partial charge < -0.3 is 10.5 Å². The summed E-state index contributed by atoms with van der Waals surface area (Å²) >= 11 is 11.9. The molecule has 14 heavy (non-hydrogen) atoms. The first-order chi connectivity index (χ1) is 6.29. The van der Waals surface area contributed by atoms with E-state index in [2.05, 4.69) is 0 Å². The van der Waals surface area contributed by atoms with Gasteiger partial charge in [0, 0.05) is 5.69 Å². The Balaban J connectivity index is 3.09. The number of anilines is 1. The van der Waals surface area contributed by atoms with Gasteiger partial charge in [0.1, 0.15) is 5.60 Å². The maximum Gasteiger partial charge on any atom is 0.157 e. The molecule has 0 atom stereocenters. The monoisotopic (exact) mass is 233 g/mol. The molecule has 78 valence electrons. The summed E-state index contributed by atoms with van der Waals surface area (Å²) in [6, 6.07) is 3.24. The molecule has 0 aliphatic heterocycles. The maximum atomic E-state index is 5.95. The smallest absolute Gasteiger partial charge is 0.157 e. The second kappa shape index (κ2) is 3.87.